The first-order valence-electron chi connectivity index (χ1n) is 7.24. The molecular formula is C15H16N2O5S2. The molecule has 2 N–H and O–H groups in total. The van der Waals surface area contributed by atoms with Gasteiger partial charge in [0.05, 0.1) is 24.6 Å². The van der Waals surface area contributed by atoms with E-state index in [0.29, 0.717) is 32.0 Å². The summed E-state index contributed by atoms with van der Waals surface area (Å²) in [5.41, 5.74) is 1.17. The van der Waals surface area contributed by atoms with Gasteiger partial charge in [0.1, 0.15) is 9.77 Å². The van der Waals surface area contributed by atoms with Gasteiger partial charge in [-0.15, -0.1) is 11.3 Å². The van der Waals surface area contributed by atoms with Crippen LogP contribution in [0.3, 0.4) is 0 Å². The van der Waals surface area contributed by atoms with Crippen LogP contribution in [0.2, 0.25) is 0 Å². The van der Waals surface area contributed by atoms with E-state index in [0.717, 1.165) is 17.0 Å². The largest absolute Gasteiger partial charge is 0.477 e. The summed E-state index contributed by atoms with van der Waals surface area (Å²) < 4.78 is 33.1. The van der Waals surface area contributed by atoms with Gasteiger partial charge in [0, 0.05) is 13.1 Å². The zero-order chi connectivity index (χ0) is 17.2. The van der Waals surface area contributed by atoms with Crippen LogP contribution < -0.4 is 9.62 Å². The normalized spacial score (nSPS) is 15.2. The van der Waals surface area contributed by atoms with Gasteiger partial charge in [0.2, 0.25) is 0 Å². The van der Waals surface area contributed by atoms with E-state index in [1.165, 1.54) is 11.4 Å². The van der Waals surface area contributed by atoms with Gasteiger partial charge in [-0.25, -0.2) is 13.2 Å². The molecule has 0 spiro atoms. The number of carboxylic acid groups (broad SMARTS) is 1. The Kier molecular flexibility index (Phi) is 4.74. The molecule has 2 aromatic rings. The molecule has 0 radical (unpaired) electrons. The monoisotopic (exact) mass is 368 g/mol. The molecule has 2 heterocycles. The quantitative estimate of drug-likeness (QED) is 0.839. The summed E-state index contributed by atoms with van der Waals surface area (Å²) in [5, 5.41) is 10.6. The number of morpholine rings is 1. The van der Waals surface area contributed by atoms with E-state index in [-0.39, 0.29) is 9.77 Å². The average molecular weight is 368 g/mol. The maximum Gasteiger partial charge on any atom is 0.347 e. The van der Waals surface area contributed by atoms with Crippen molar-refractivity contribution in [1.29, 1.82) is 0 Å². The Labute approximate surface area is 143 Å². The minimum absolute atomic E-state index is 0.202. The molecule has 1 saturated heterocycles. The van der Waals surface area contributed by atoms with Gasteiger partial charge in [0.15, 0.2) is 0 Å². The molecule has 7 nitrogen and oxygen atoms in total. The van der Waals surface area contributed by atoms with Crippen LogP contribution in [0.1, 0.15) is 9.67 Å². The van der Waals surface area contributed by atoms with Gasteiger partial charge < -0.3 is 14.7 Å². The Morgan fingerprint density at radius 2 is 1.92 bits per heavy atom. The highest BCUT2D eigenvalue weighted by atomic mass is 32.2. The Bertz CT molecular complexity index is 841. The molecule has 128 valence electrons. The Morgan fingerprint density at radius 1 is 1.21 bits per heavy atom. The van der Waals surface area contributed by atoms with Crippen molar-refractivity contribution < 1.29 is 23.1 Å². The maximum atomic E-state index is 12.6. The van der Waals surface area contributed by atoms with E-state index < -0.39 is 16.0 Å². The minimum atomic E-state index is -3.99. The van der Waals surface area contributed by atoms with Crippen molar-refractivity contribution in [1.82, 2.24) is 0 Å². The van der Waals surface area contributed by atoms with Crippen molar-refractivity contribution in [2.45, 2.75) is 4.90 Å². The third kappa shape index (κ3) is 3.37. The number of benzene rings is 1. The summed E-state index contributed by atoms with van der Waals surface area (Å²) in [4.78, 5) is 12.8. The summed E-state index contributed by atoms with van der Waals surface area (Å²) >= 11 is 0.882. The molecule has 0 aliphatic carbocycles. The lowest BCUT2D eigenvalue weighted by Gasteiger charge is -2.30. The molecule has 1 aliphatic heterocycles. The molecule has 0 unspecified atom stereocenters. The van der Waals surface area contributed by atoms with Gasteiger partial charge in [-0.05, 0) is 23.6 Å². The highest BCUT2D eigenvalue weighted by molar-refractivity contribution is 7.93. The number of nitrogens with zero attached hydrogens (tertiary/aromatic N) is 1. The van der Waals surface area contributed by atoms with E-state index in [1.807, 2.05) is 17.0 Å². The van der Waals surface area contributed by atoms with E-state index in [9.17, 15) is 13.2 Å². The number of aromatic carboxylic acids is 1. The number of ether oxygens (including phenoxy) is 1. The number of thiophene rings is 1. The lowest BCUT2D eigenvalue weighted by molar-refractivity contribution is 0.0698. The third-order valence-electron chi connectivity index (χ3n) is 3.61. The number of hydrogen-bond donors (Lipinski definition) is 2. The van der Waals surface area contributed by atoms with E-state index in [4.69, 9.17) is 9.84 Å². The lowest BCUT2D eigenvalue weighted by atomic mass is 10.2. The van der Waals surface area contributed by atoms with E-state index in [1.54, 1.807) is 12.1 Å². The first-order chi connectivity index (χ1) is 11.5. The Balaban J connectivity index is 1.93. The van der Waals surface area contributed by atoms with E-state index >= 15 is 0 Å². The number of carbonyl (C=O) groups is 1. The first-order valence-corrected chi connectivity index (χ1v) is 9.60. The summed E-state index contributed by atoms with van der Waals surface area (Å²) in [7, 11) is -3.99. The van der Waals surface area contributed by atoms with Crippen LogP contribution in [-0.2, 0) is 14.8 Å². The molecule has 0 bridgehead atoms. The van der Waals surface area contributed by atoms with Crippen LogP contribution in [0.25, 0.3) is 0 Å². The highest BCUT2D eigenvalue weighted by Gasteiger charge is 2.25. The van der Waals surface area contributed by atoms with Gasteiger partial charge in [-0.2, -0.15) is 0 Å². The maximum absolute atomic E-state index is 12.6. The van der Waals surface area contributed by atoms with Crippen LogP contribution >= 0.6 is 11.3 Å². The molecule has 0 saturated carbocycles. The predicted octanol–water partition coefficient (Wildman–Crippen LogP) is 2.08. The van der Waals surface area contributed by atoms with Crippen LogP contribution in [0, 0.1) is 0 Å². The molecular weight excluding hydrogens is 352 g/mol. The van der Waals surface area contributed by atoms with Crippen molar-refractivity contribution >= 4 is 38.7 Å². The summed E-state index contributed by atoms with van der Waals surface area (Å²) in [5.74, 6) is -1.26. The smallest absolute Gasteiger partial charge is 0.347 e. The fraction of sp³-hybridized carbons (Fsp3) is 0.267. The van der Waals surface area contributed by atoms with Crippen molar-refractivity contribution in [2.24, 2.45) is 0 Å². The number of anilines is 2. The minimum Gasteiger partial charge on any atom is -0.477 e. The number of para-hydroxylation sites is 2. The highest BCUT2D eigenvalue weighted by Crippen LogP contribution is 2.30. The number of sulfonamides is 1. The fourth-order valence-electron chi connectivity index (χ4n) is 2.50. The number of carboxylic acids is 1. The van der Waals surface area contributed by atoms with Crippen molar-refractivity contribution in [2.75, 3.05) is 35.9 Å². The second kappa shape index (κ2) is 6.80. The second-order valence-electron chi connectivity index (χ2n) is 5.14. The second-order valence-corrected chi connectivity index (χ2v) is 7.71. The fourth-order valence-corrected chi connectivity index (χ4v) is 4.84. The van der Waals surface area contributed by atoms with Gasteiger partial charge in [-0.1, -0.05) is 12.1 Å². The van der Waals surface area contributed by atoms with Crippen LogP contribution in [-0.4, -0.2) is 45.8 Å². The zero-order valence-electron chi connectivity index (χ0n) is 12.6. The van der Waals surface area contributed by atoms with Crippen molar-refractivity contribution in [3.8, 4) is 0 Å². The van der Waals surface area contributed by atoms with Gasteiger partial charge in [0.25, 0.3) is 10.0 Å². The van der Waals surface area contributed by atoms with Gasteiger partial charge in [-0.3, -0.25) is 4.72 Å². The Hall–Kier alpha value is -2.10. The average Bonchev–Trinajstić information content (AvgIpc) is 3.07. The number of rotatable bonds is 5. The standard InChI is InChI=1S/C15H16N2O5S2/c18-15(19)14-13(5-10-23-14)24(20,21)16-11-3-1-2-4-12(11)17-6-8-22-9-7-17/h1-5,10,16H,6-9H2,(H,18,19). The topological polar surface area (TPSA) is 95.9 Å². The molecule has 0 atom stereocenters. The SMILES string of the molecule is O=C(O)c1sccc1S(=O)(=O)Nc1ccccc1N1CCOCC1. The molecule has 24 heavy (non-hydrogen) atoms. The van der Waals surface area contributed by atoms with Crippen LogP contribution in [0.4, 0.5) is 11.4 Å². The molecule has 9 heteroatoms. The summed E-state index contributed by atoms with van der Waals surface area (Å²) in [6, 6.07) is 8.35. The van der Waals surface area contributed by atoms with Crippen LogP contribution in [0.5, 0.6) is 0 Å². The summed E-state index contributed by atoms with van der Waals surface area (Å²) in [6.45, 7) is 2.48. The van der Waals surface area contributed by atoms with Crippen molar-refractivity contribution in [3.05, 3.63) is 40.6 Å². The lowest BCUT2D eigenvalue weighted by Crippen LogP contribution is -2.36. The number of nitrogens with one attached hydrogen (secondary N) is 1. The van der Waals surface area contributed by atoms with Crippen LogP contribution in [0.15, 0.2) is 40.6 Å². The van der Waals surface area contributed by atoms with Gasteiger partial charge >= 0.3 is 5.97 Å². The molecule has 1 fully saturated rings. The molecule has 1 aromatic carbocycles. The molecule has 1 aliphatic rings. The third-order valence-corrected chi connectivity index (χ3v) is 6.05. The zero-order valence-corrected chi connectivity index (χ0v) is 14.3. The molecule has 1 aromatic heterocycles. The van der Waals surface area contributed by atoms with Crippen molar-refractivity contribution in [3.63, 3.8) is 0 Å². The molecule has 0 amide bonds. The Morgan fingerprint density at radius 3 is 2.62 bits per heavy atom. The van der Waals surface area contributed by atoms with E-state index in [2.05, 4.69) is 4.72 Å². The summed E-state index contributed by atoms with van der Waals surface area (Å²) in [6.07, 6.45) is 0. The molecule has 3 rings (SSSR count). The number of hydrogen-bond acceptors (Lipinski definition) is 6. The predicted molar refractivity (Wildman–Crippen MR) is 91.6 cm³/mol. The first kappa shape index (κ1) is 16.7.